The highest BCUT2D eigenvalue weighted by Crippen LogP contribution is 2.36. The number of anilines is 1. The molecular weight excluding hydrogens is 422 g/mol. The van der Waals surface area contributed by atoms with Gasteiger partial charge in [0.05, 0.1) is 12.2 Å². The first-order valence-corrected chi connectivity index (χ1v) is 10.1. The molecule has 1 amide bonds. The molecule has 0 saturated carbocycles. The summed E-state index contributed by atoms with van der Waals surface area (Å²) in [5, 5.41) is 14.1. The number of pyridine rings is 1. The van der Waals surface area contributed by atoms with Crippen LogP contribution in [0.15, 0.2) is 48.5 Å². The summed E-state index contributed by atoms with van der Waals surface area (Å²) in [5.74, 6) is -1.73. The molecule has 1 N–H and O–H groups in total. The number of hydrogen-bond donors (Lipinski definition) is 1. The van der Waals surface area contributed by atoms with Crippen molar-refractivity contribution in [1.29, 1.82) is 0 Å². The molecule has 0 spiro atoms. The van der Waals surface area contributed by atoms with Gasteiger partial charge in [-0.25, -0.2) is 4.79 Å². The number of thiophene rings is 1. The molecule has 0 fully saturated rings. The smallest absolute Gasteiger partial charge is 0.406 e. The van der Waals surface area contributed by atoms with E-state index in [1.807, 2.05) is 30.3 Å². The second-order valence-electron chi connectivity index (χ2n) is 6.31. The molecule has 10 heteroatoms. The summed E-state index contributed by atoms with van der Waals surface area (Å²) in [7, 11) is 0. The van der Waals surface area contributed by atoms with Gasteiger partial charge in [0.1, 0.15) is 10.7 Å². The van der Waals surface area contributed by atoms with E-state index in [9.17, 15) is 19.7 Å². The Morgan fingerprint density at radius 1 is 1.19 bits per heavy atom. The number of hydrogen-bond acceptors (Lipinski definition) is 8. The average molecular weight is 441 g/mol. The van der Waals surface area contributed by atoms with Gasteiger partial charge in [0.25, 0.3) is 5.91 Å². The third-order valence-corrected chi connectivity index (χ3v) is 5.15. The van der Waals surface area contributed by atoms with Crippen LogP contribution in [0.4, 0.5) is 10.8 Å². The van der Waals surface area contributed by atoms with Gasteiger partial charge in [0, 0.05) is 11.8 Å². The number of amides is 1. The summed E-state index contributed by atoms with van der Waals surface area (Å²) < 4.78 is 10.4. The van der Waals surface area contributed by atoms with Crippen LogP contribution in [0.5, 0.6) is 5.75 Å². The number of esters is 1. The third kappa shape index (κ3) is 5.43. The fraction of sp³-hybridized carbons (Fsp3) is 0.190. The predicted octanol–water partition coefficient (Wildman–Crippen LogP) is 4.22. The highest BCUT2D eigenvalue weighted by Gasteiger charge is 2.22. The minimum absolute atomic E-state index is 0.118. The number of carbonyl (C=O) groups is 2. The molecule has 0 aliphatic carbocycles. The van der Waals surface area contributed by atoms with Gasteiger partial charge in [0.2, 0.25) is 5.75 Å². The largest absolute Gasteiger partial charge is 0.476 e. The summed E-state index contributed by atoms with van der Waals surface area (Å²) in [6, 6.07) is 14.0. The van der Waals surface area contributed by atoms with Gasteiger partial charge in [-0.1, -0.05) is 30.3 Å². The first-order chi connectivity index (χ1) is 14.9. The van der Waals surface area contributed by atoms with Crippen molar-refractivity contribution in [2.45, 2.75) is 13.8 Å². The Labute approximate surface area is 181 Å². The van der Waals surface area contributed by atoms with E-state index in [1.54, 1.807) is 26.0 Å². The molecule has 0 radical (unpaired) electrons. The normalized spacial score (nSPS) is 10.4. The number of ether oxygens (including phenoxy) is 2. The second-order valence-corrected chi connectivity index (χ2v) is 7.36. The Morgan fingerprint density at radius 3 is 2.61 bits per heavy atom. The van der Waals surface area contributed by atoms with Gasteiger partial charge in [-0.3, -0.25) is 4.79 Å². The van der Waals surface area contributed by atoms with E-state index >= 15 is 0 Å². The first kappa shape index (κ1) is 21.9. The quantitative estimate of drug-likeness (QED) is 0.316. The van der Waals surface area contributed by atoms with Crippen LogP contribution in [0.3, 0.4) is 0 Å². The van der Waals surface area contributed by atoms with Crippen LogP contribution in [0.2, 0.25) is 0 Å². The van der Waals surface area contributed by atoms with Gasteiger partial charge in [-0.15, -0.1) is 11.3 Å². The minimum atomic E-state index is -0.676. The number of nitrogens with one attached hydrogen (secondary N) is 1. The van der Waals surface area contributed by atoms with Crippen LogP contribution in [0.25, 0.3) is 10.4 Å². The van der Waals surface area contributed by atoms with Gasteiger partial charge >= 0.3 is 11.8 Å². The fourth-order valence-electron chi connectivity index (χ4n) is 2.67. The van der Waals surface area contributed by atoms with E-state index in [0.29, 0.717) is 10.7 Å². The molecule has 0 aliphatic rings. The number of aromatic nitrogens is 1. The monoisotopic (exact) mass is 441 g/mol. The van der Waals surface area contributed by atoms with E-state index in [4.69, 9.17) is 9.47 Å². The van der Waals surface area contributed by atoms with Crippen LogP contribution < -0.4 is 10.1 Å². The SMILES string of the molecule is CCOC(=O)c1cc(-c2ccccc2)sc1NC(=O)COc1ccc(C)nc1[N+](=O)[O-]. The summed E-state index contributed by atoms with van der Waals surface area (Å²) in [4.78, 5) is 39.8. The molecule has 9 nitrogen and oxygen atoms in total. The van der Waals surface area contributed by atoms with E-state index in [2.05, 4.69) is 10.3 Å². The van der Waals surface area contributed by atoms with Crippen molar-refractivity contribution in [2.75, 3.05) is 18.5 Å². The number of carbonyl (C=O) groups excluding carboxylic acids is 2. The molecule has 1 aromatic carbocycles. The standard InChI is InChI=1S/C21H19N3O6S/c1-3-29-21(26)15-11-17(14-7-5-4-6-8-14)31-20(15)23-18(25)12-30-16-10-9-13(2)22-19(16)24(27)28/h4-11H,3,12H2,1-2H3,(H,23,25). The maximum absolute atomic E-state index is 12.4. The molecule has 160 valence electrons. The Kier molecular flexibility index (Phi) is 6.93. The number of rotatable bonds is 8. The Balaban J connectivity index is 1.78. The highest BCUT2D eigenvalue weighted by molar-refractivity contribution is 7.20. The maximum atomic E-state index is 12.4. The molecule has 2 aromatic heterocycles. The molecule has 3 rings (SSSR count). The zero-order valence-electron chi connectivity index (χ0n) is 16.8. The Bertz CT molecular complexity index is 1110. The summed E-state index contributed by atoms with van der Waals surface area (Å²) in [5.41, 5.74) is 1.56. The molecule has 31 heavy (non-hydrogen) atoms. The van der Waals surface area contributed by atoms with Crippen LogP contribution in [-0.2, 0) is 9.53 Å². The zero-order valence-corrected chi connectivity index (χ0v) is 17.6. The zero-order chi connectivity index (χ0) is 22.4. The molecule has 3 aromatic rings. The highest BCUT2D eigenvalue weighted by atomic mass is 32.1. The van der Waals surface area contributed by atoms with Crippen LogP contribution in [0.1, 0.15) is 23.0 Å². The molecule has 0 bridgehead atoms. The average Bonchev–Trinajstić information content (AvgIpc) is 3.17. The second kappa shape index (κ2) is 9.81. The van der Waals surface area contributed by atoms with Crippen molar-refractivity contribution in [2.24, 2.45) is 0 Å². The van der Waals surface area contributed by atoms with Crippen LogP contribution in [0, 0.1) is 17.0 Å². The number of aryl methyl sites for hydroxylation is 1. The van der Waals surface area contributed by atoms with Crippen molar-refractivity contribution in [3.8, 4) is 16.2 Å². The predicted molar refractivity (Wildman–Crippen MR) is 115 cm³/mol. The molecule has 0 aliphatic heterocycles. The summed E-state index contributed by atoms with van der Waals surface area (Å²) >= 11 is 1.22. The number of nitro groups is 1. The first-order valence-electron chi connectivity index (χ1n) is 9.30. The van der Waals surface area contributed by atoms with Crippen molar-refractivity contribution < 1.29 is 24.0 Å². The Hall–Kier alpha value is -3.79. The van der Waals surface area contributed by atoms with Crippen molar-refractivity contribution >= 4 is 34.0 Å². The van der Waals surface area contributed by atoms with Crippen molar-refractivity contribution in [3.05, 3.63) is 69.9 Å². The molecule has 0 unspecified atom stereocenters. The fourth-order valence-corrected chi connectivity index (χ4v) is 3.74. The lowest BCUT2D eigenvalue weighted by Gasteiger charge is -2.08. The van der Waals surface area contributed by atoms with E-state index in [1.165, 1.54) is 17.4 Å². The Morgan fingerprint density at radius 2 is 1.94 bits per heavy atom. The molecule has 0 saturated heterocycles. The van der Waals surface area contributed by atoms with Gasteiger partial charge in [-0.2, -0.15) is 0 Å². The van der Waals surface area contributed by atoms with Gasteiger partial charge < -0.3 is 24.9 Å². The maximum Gasteiger partial charge on any atom is 0.406 e. The van der Waals surface area contributed by atoms with Crippen LogP contribution in [-0.4, -0.2) is 35.0 Å². The lowest BCUT2D eigenvalue weighted by atomic mass is 10.1. The van der Waals surface area contributed by atoms with Gasteiger partial charge in [0.15, 0.2) is 6.61 Å². The van der Waals surface area contributed by atoms with E-state index in [0.717, 1.165) is 10.4 Å². The molecule has 0 atom stereocenters. The van der Waals surface area contributed by atoms with E-state index in [-0.39, 0.29) is 17.9 Å². The summed E-state index contributed by atoms with van der Waals surface area (Å²) in [6.45, 7) is 3.00. The molecule has 2 heterocycles. The molecular formula is C21H19N3O6S. The lowest BCUT2D eigenvalue weighted by molar-refractivity contribution is -0.390. The topological polar surface area (TPSA) is 121 Å². The third-order valence-electron chi connectivity index (χ3n) is 4.05. The number of benzene rings is 1. The number of nitrogens with zero attached hydrogens (tertiary/aromatic N) is 2. The van der Waals surface area contributed by atoms with E-state index < -0.39 is 29.2 Å². The lowest BCUT2D eigenvalue weighted by Crippen LogP contribution is -2.21. The van der Waals surface area contributed by atoms with Crippen LogP contribution >= 0.6 is 11.3 Å². The van der Waals surface area contributed by atoms with Crippen molar-refractivity contribution in [3.63, 3.8) is 0 Å². The van der Waals surface area contributed by atoms with Gasteiger partial charge in [-0.05, 0) is 40.6 Å². The minimum Gasteiger partial charge on any atom is -0.476 e. The summed E-state index contributed by atoms with van der Waals surface area (Å²) in [6.07, 6.45) is 0. The van der Waals surface area contributed by atoms with Crippen molar-refractivity contribution in [1.82, 2.24) is 4.98 Å².